The molecule has 0 spiro atoms. The van der Waals surface area contributed by atoms with E-state index in [0.29, 0.717) is 18.9 Å². The zero-order valence-electron chi connectivity index (χ0n) is 11.6. The van der Waals surface area contributed by atoms with Crippen LogP contribution >= 0.6 is 11.3 Å². The first kappa shape index (κ1) is 13.9. The zero-order valence-corrected chi connectivity index (χ0v) is 12.4. The van der Waals surface area contributed by atoms with Crippen LogP contribution in [0.4, 0.5) is 11.1 Å². The summed E-state index contributed by atoms with van der Waals surface area (Å²) in [7, 11) is 0. The van der Waals surface area contributed by atoms with Crippen molar-refractivity contribution in [3.8, 4) is 0 Å². The van der Waals surface area contributed by atoms with Gasteiger partial charge in [0.1, 0.15) is 0 Å². The van der Waals surface area contributed by atoms with Gasteiger partial charge in [-0.15, -0.1) is 11.3 Å². The molecule has 1 aliphatic rings. The molecule has 1 amide bonds. The van der Waals surface area contributed by atoms with Crippen molar-refractivity contribution in [3.05, 3.63) is 29.0 Å². The minimum absolute atomic E-state index is 0.0122. The third-order valence-corrected chi connectivity index (χ3v) is 4.34. The average Bonchev–Trinajstić information content (AvgIpc) is 3.06. The Labute approximate surface area is 127 Å². The van der Waals surface area contributed by atoms with Gasteiger partial charge in [0.25, 0.3) is 0 Å². The predicted molar refractivity (Wildman–Crippen MR) is 82.5 cm³/mol. The highest BCUT2D eigenvalue weighted by molar-refractivity contribution is 7.15. The van der Waals surface area contributed by atoms with Crippen molar-refractivity contribution in [2.75, 3.05) is 17.2 Å². The van der Waals surface area contributed by atoms with Crippen LogP contribution in [-0.4, -0.2) is 27.4 Å². The van der Waals surface area contributed by atoms with Crippen LogP contribution in [0.2, 0.25) is 0 Å². The van der Waals surface area contributed by atoms with Crippen molar-refractivity contribution in [1.82, 2.24) is 15.0 Å². The highest BCUT2D eigenvalue weighted by Crippen LogP contribution is 2.30. The Balaban J connectivity index is 1.38. The molecule has 0 aliphatic heterocycles. The van der Waals surface area contributed by atoms with Crippen LogP contribution in [-0.2, 0) is 17.6 Å². The molecule has 0 unspecified atom stereocenters. The molecule has 2 aromatic rings. The SMILES string of the molecule is O=C(CCCNc1ncccn1)Nc1nc2c(s1)CCC2. The van der Waals surface area contributed by atoms with Crippen molar-refractivity contribution in [3.63, 3.8) is 0 Å². The lowest BCUT2D eigenvalue weighted by atomic mass is 10.3. The van der Waals surface area contributed by atoms with E-state index in [2.05, 4.69) is 25.6 Å². The summed E-state index contributed by atoms with van der Waals surface area (Å²) < 4.78 is 0. The third-order valence-electron chi connectivity index (χ3n) is 3.27. The predicted octanol–water partition coefficient (Wildman–Crippen LogP) is 2.25. The number of carbonyl (C=O) groups is 1. The molecule has 0 saturated heterocycles. The fraction of sp³-hybridized carbons (Fsp3) is 0.429. The summed E-state index contributed by atoms with van der Waals surface area (Å²) in [5.74, 6) is 0.604. The van der Waals surface area contributed by atoms with Crippen LogP contribution in [0, 0.1) is 0 Å². The number of anilines is 2. The van der Waals surface area contributed by atoms with Gasteiger partial charge in [-0.05, 0) is 31.7 Å². The molecule has 0 saturated carbocycles. The summed E-state index contributed by atoms with van der Waals surface area (Å²) in [6, 6.07) is 1.77. The lowest BCUT2D eigenvalue weighted by molar-refractivity contribution is -0.116. The van der Waals surface area contributed by atoms with Gasteiger partial charge in [-0.1, -0.05) is 0 Å². The molecule has 2 aromatic heterocycles. The number of hydrogen-bond donors (Lipinski definition) is 2. The Kier molecular flexibility index (Phi) is 4.40. The molecule has 2 heterocycles. The lowest BCUT2D eigenvalue weighted by Crippen LogP contribution is -2.13. The molecule has 3 rings (SSSR count). The molecule has 0 radical (unpaired) electrons. The molecule has 7 heteroatoms. The Morgan fingerprint density at radius 1 is 1.29 bits per heavy atom. The molecule has 2 N–H and O–H groups in total. The second kappa shape index (κ2) is 6.62. The fourth-order valence-electron chi connectivity index (χ4n) is 2.27. The molecule has 0 fully saturated rings. The maximum Gasteiger partial charge on any atom is 0.226 e. The molecule has 0 bridgehead atoms. The van der Waals surface area contributed by atoms with E-state index < -0.39 is 0 Å². The van der Waals surface area contributed by atoms with Gasteiger partial charge in [-0.25, -0.2) is 15.0 Å². The summed E-state index contributed by atoms with van der Waals surface area (Å²) in [4.78, 5) is 25.8. The van der Waals surface area contributed by atoms with Crippen molar-refractivity contribution < 1.29 is 4.79 Å². The number of aryl methyl sites for hydroxylation is 2. The Morgan fingerprint density at radius 2 is 2.14 bits per heavy atom. The smallest absolute Gasteiger partial charge is 0.226 e. The molecular formula is C14H17N5OS. The summed E-state index contributed by atoms with van der Waals surface area (Å²) >= 11 is 1.61. The molecule has 21 heavy (non-hydrogen) atoms. The topological polar surface area (TPSA) is 79.8 Å². The second-order valence-corrected chi connectivity index (χ2v) is 5.98. The molecule has 6 nitrogen and oxygen atoms in total. The average molecular weight is 303 g/mol. The maximum absolute atomic E-state index is 11.8. The number of aromatic nitrogens is 3. The molecule has 110 valence electrons. The van der Waals surface area contributed by atoms with Gasteiger partial charge in [-0.2, -0.15) is 0 Å². The van der Waals surface area contributed by atoms with Crippen LogP contribution in [0.3, 0.4) is 0 Å². The normalized spacial score (nSPS) is 13.0. The van der Waals surface area contributed by atoms with Gasteiger partial charge in [0.15, 0.2) is 5.13 Å². The first-order valence-electron chi connectivity index (χ1n) is 7.10. The van der Waals surface area contributed by atoms with Gasteiger partial charge >= 0.3 is 0 Å². The van der Waals surface area contributed by atoms with Crippen LogP contribution in [0.5, 0.6) is 0 Å². The van der Waals surface area contributed by atoms with Crippen LogP contribution < -0.4 is 10.6 Å². The van der Waals surface area contributed by atoms with Crippen LogP contribution in [0.15, 0.2) is 18.5 Å². The van der Waals surface area contributed by atoms with Gasteiger partial charge < -0.3 is 10.6 Å². The Hall–Kier alpha value is -2.02. The van der Waals surface area contributed by atoms with E-state index in [1.165, 1.54) is 11.3 Å². The number of nitrogens with zero attached hydrogens (tertiary/aromatic N) is 3. The molecule has 0 aromatic carbocycles. The van der Waals surface area contributed by atoms with Crippen molar-refractivity contribution in [2.45, 2.75) is 32.1 Å². The van der Waals surface area contributed by atoms with E-state index >= 15 is 0 Å². The number of nitrogens with one attached hydrogen (secondary N) is 2. The largest absolute Gasteiger partial charge is 0.354 e. The lowest BCUT2D eigenvalue weighted by Gasteiger charge is -2.04. The monoisotopic (exact) mass is 303 g/mol. The maximum atomic E-state index is 11.8. The van der Waals surface area contributed by atoms with Gasteiger partial charge in [0.05, 0.1) is 5.69 Å². The minimum atomic E-state index is 0.0122. The number of carbonyl (C=O) groups excluding carboxylic acids is 1. The van der Waals surface area contributed by atoms with Crippen LogP contribution in [0.1, 0.15) is 29.8 Å². The number of amides is 1. The first-order valence-corrected chi connectivity index (χ1v) is 7.92. The molecular weight excluding hydrogens is 286 g/mol. The molecule has 0 atom stereocenters. The molecule has 1 aliphatic carbocycles. The standard InChI is InChI=1S/C14H17N5OS/c20-12(6-2-7-15-13-16-8-3-9-17-13)19-14-18-10-4-1-5-11(10)21-14/h3,8-9H,1-2,4-7H2,(H,15,16,17)(H,18,19,20). The first-order chi connectivity index (χ1) is 10.3. The number of hydrogen-bond acceptors (Lipinski definition) is 6. The van der Waals surface area contributed by atoms with Gasteiger partial charge in [0.2, 0.25) is 11.9 Å². The van der Waals surface area contributed by atoms with E-state index in [4.69, 9.17) is 0 Å². The van der Waals surface area contributed by atoms with Crippen molar-refractivity contribution in [2.24, 2.45) is 0 Å². The highest BCUT2D eigenvalue weighted by atomic mass is 32.1. The Bertz CT molecular complexity index is 592. The van der Waals surface area contributed by atoms with Gasteiger partial charge in [0, 0.05) is 30.2 Å². The summed E-state index contributed by atoms with van der Waals surface area (Å²) in [5.41, 5.74) is 1.16. The van der Waals surface area contributed by atoms with Crippen molar-refractivity contribution in [1.29, 1.82) is 0 Å². The van der Waals surface area contributed by atoms with Crippen molar-refractivity contribution >= 4 is 28.3 Å². The van der Waals surface area contributed by atoms with Crippen LogP contribution in [0.25, 0.3) is 0 Å². The summed E-state index contributed by atoms with van der Waals surface area (Å²) in [6.07, 6.45) is 7.90. The third kappa shape index (κ3) is 3.75. The second-order valence-electron chi connectivity index (χ2n) is 4.89. The highest BCUT2D eigenvalue weighted by Gasteiger charge is 2.17. The number of fused-ring (bicyclic) bond motifs is 1. The summed E-state index contributed by atoms with van der Waals surface area (Å²) in [5, 5.41) is 6.70. The van der Waals surface area contributed by atoms with E-state index in [1.54, 1.807) is 29.8 Å². The van der Waals surface area contributed by atoms with Gasteiger partial charge in [-0.3, -0.25) is 4.79 Å². The zero-order chi connectivity index (χ0) is 14.5. The summed E-state index contributed by atoms with van der Waals surface area (Å²) in [6.45, 7) is 0.672. The number of thiazole rings is 1. The minimum Gasteiger partial charge on any atom is -0.354 e. The fourth-order valence-corrected chi connectivity index (χ4v) is 3.33. The Morgan fingerprint density at radius 3 is 2.95 bits per heavy atom. The number of rotatable bonds is 6. The quantitative estimate of drug-likeness (QED) is 0.800. The van der Waals surface area contributed by atoms with E-state index in [9.17, 15) is 4.79 Å². The van der Waals surface area contributed by atoms with E-state index in [0.717, 1.165) is 30.1 Å². The van der Waals surface area contributed by atoms with E-state index in [1.807, 2.05) is 0 Å². The van der Waals surface area contributed by atoms with E-state index in [-0.39, 0.29) is 5.91 Å².